The molecule has 0 aliphatic carbocycles. The summed E-state index contributed by atoms with van der Waals surface area (Å²) >= 11 is 0. The van der Waals surface area contributed by atoms with Crippen molar-refractivity contribution >= 4 is 0 Å². The summed E-state index contributed by atoms with van der Waals surface area (Å²) in [7, 11) is 1.65. The van der Waals surface area contributed by atoms with E-state index in [2.05, 4.69) is 20.7 Å². The van der Waals surface area contributed by atoms with Gasteiger partial charge in [0.15, 0.2) is 0 Å². The molecule has 0 spiro atoms. The largest absolute Gasteiger partial charge is 0.497 e. The molecule has 2 aromatic heterocycles. The Morgan fingerprint density at radius 2 is 2.36 bits per heavy atom. The Labute approximate surface area is 145 Å². The zero-order valence-electron chi connectivity index (χ0n) is 14.0. The number of hydrogen-bond donors (Lipinski definition) is 1. The Bertz CT molecular complexity index is 824. The molecule has 0 bridgehead atoms. The highest BCUT2D eigenvalue weighted by Gasteiger charge is 2.17. The van der Waals surface area contributed by atoms with Gasteiger partial charge in [-0.1, -0.05) is 5.21 Å². The Balaban J connectivity index is 1.64. The molecule has 130 valence electrons. The third-order valence-electron chi connectivity index (χ3n) is 4.16. The summed E-state index contributed by atoms with van der Waals surface area (Å²) in [4.78, 5) is 0. The highest BCUT2D eigenvalue weighted by molar-refractivity contribution is 5.71. The van der Waals surface area contributed by atoms with Crippen LogP contribution in [0.4, 0.5) is 0 Å². The van der Waals surface area contributed by atoms with Crippen LogP contribution in [0, 0.1) is 0 Å². The molecule has 25 heavy (non-hydrogen) atoms. The molecule has 1 fully saturated rings. The van der Waals surface area contributed by atoms with Gasteiger partial charge in [0.25, 0.3) is 0 Å². The van der Waals surface area contributed by atoms with Crippen LogP contribution in [0.15, 0.2) is 42.9 Å². The van der Waals surface area contributed by atoms with Gasteiger partial charge in [-0.3, -0.25) is 0 Å². The fourth-order valence-electron chi connectivity index (χ4n) is 2.92. The average Bonchev–Trinajstić information content (AvgIpc) is 3.34. The molecule has 8 nitrogen and oxygen atoms in total. The molecule has 0 radical (unpaired) electrons. The van der Waals surface area contributed by atoms with Gasteiger partial charge in [-0.2, -0.15) is 5.10 Å². The SMILES string of the molecule is COc1ccc(-n2cccn2)c(-c2cn(C[C@@H]3CNCCO3)nn2)c1. The number of hydrogen-bond acceptors (Lipinski definition) is 6. The van der Waals surface area contributed by atoms with Crippen molar-refractivity contribution in [3.63, 3.8) is 0 Å². The predicted molar refractivity (Wildman–Crippen MR) is 91.7 cm³/mol. The van der Waals surface area contributed by atoms with E-state index in [9.17, 15) is 0 Å². The van der Waals surface area contributed by atoms with Crippen molar-refractivity contribution in [1.29, 1.82) is 0 Å². The molecule has 8 heteroatoms. The summed E-state index contributed by atoms with van der Waals surface area (Å²) < 4.78 is 14.7. The van der Waals surface area contributed by atoms with E-state index in [1.54, 1.807) is 13.3 Å². The smallest absolute Gasteiger partial charge is 0.119 e. The standard InChI is InChI=1S/C17H20N6O2/c1-24-13-3-4-17(23-7-2-5-19-23)15(9-13)16-12-22(21-20-16)11-14-10-18-6-8-25-14/h2-5,7,9,12,14,18H,6,8,10-11H2,1H3/t14-/m0/s1. The van der Waals surface area contributed by atoms with Crippen molar-refractivity contribution in [3.05, 3.63) is 42.9 Å². The van der Waals surface area contributed by atoms with Crippen molar-refractivity contribution in [2.24, 2.45) is 0 Å². The van der Waals surface area contributed by atoms with Crippen LogP contribution in [0.5, 0.6) is 5.75 Å². The van der Waals surface area contributed by atoms with E-state index in [0.29, 0.717) is 6.54 Å². The van der Waals surface area contributed by atoms with E-state index in [4.69, 9.17) is 9.47 Å². The molecule has 0 saturated carbocycles. The number of ether oxygens (including phenoxy) is 2. The molecule has 1 aliphatic rings. The van der Waals surface area contributed by atoms with Gasteiger partial charge in [0.2, 0.25) is 0 Å². The van der Waals surface area contributed by atoms with Crippen LogP contribution in [-0.4, -0.2) is 57.7 Å². The fraction of sp³-hybridized carbons (Fsp3) is 0.353. The van der Waals surface area contributed by atoms with Gasteiger partial charge < -0.3 is 14.8 Å². The van der Waals surface area contributed by atoms with Crippen LogP contribution in [0.1, 0.15) is 0 Å². The van der Waals surface area contributed by atoms with E-state index in [-0.39, 0.29) is 6.10 Å². The van der Waals surface area contributed by atoms with E-state index in [1.807, 2.05) is 46.0 Å². The molecule has 1 saturated heterocycles. The molecule has 0 amide bonds. The number of morpholine rings is 1. The van der Waals surface area contributed by atoms with E-state index in [1.165, 1.54) is 0 Å². The highest BCUT2D eigenvalue weighted by atomic mass is 16.5. The maximum atomic E-state index is 5.73. The quantitative estimate of drug-likeness (QED) is 0.750. The van der Waals surface area contributed by atoms with Crippen LogP contribution in [-0.2, 0) is 11.3 Å². The molecule has 1 aliphatic heterocycles. The van der Waals surface area contributed by atoms with Gasteiger partial charge in [-0.15, -0.1) is 5.10 Å². The van der Waals surface area contributed by atoms with E-state index >= 15 is 0 Å². The number of rotatable bonds is 5. The summed E-state index contributed by atoms with van der Waals surface area (Å²) in [5.74, 6) is 0.764. The number of methoxy groups -OCH3 is 1. The lowest BCUT2D eigenvalue weighted by molar-refractivity contribution is 0.0158. The Kier molecular flexibility index (Phi) is 4.45. The minimum Gasteiger partial charge on any atom is -0.497 e. The highest BCUT2D eigenvalue weighted by Crippen LogP contribution is 2.29. The maximum absolute atomic E-state index is 5.73. The molecule has 4 rings (SSSR count). The van der Waals surface area contributed by atoms with Gasteiger partial charge in [-0.05, 0) is 24.3 Å². The van der Waals surface area contributed by atoms with Crippen LogP contribution >= 0.6 is 0 Å². The summed E-state index contributed by atoms with van der Waals surface area (Å²) in [6, 6.07) is 7.71. The van der Waals surface area contributed by atoms with Gasteiger partial charge in [-0.25, -0.2) is 9.36 Å². The first-order chi connectivity index (χ1) is 12.3. The van der Waals surface area contributed by atoms with Crippen molar-refractivity contribution in [1.82, 2.24) is 30.1 Å². The van der Waals surface area contributed by atoms with Crippen molar-refractivity contribution < 1.29 is 9.47 Å². The second-order valence-corrected chi connectivity index (χ2v) is 5.86. The normalized spacial score (nSPS) is 17.6. The molecule has 1 atom stereocenters. The lowest BCUT2D eigenvalue weighted by Crippen LogP contribution is -2.40. The fourth-order valence-corrected chi connectivity index (χ4v) is 2.92. The van der Waals surface area contributed by atoms with Crippen LogP contribution in [0.25, 0.3) is 16.9 Å². The summed E-state index contributed by atoms with van der Waals surface area (Å²) in [6.07, 6.45) is 5.69. The first-order valence-electron chi connectivity index (χ1n) is 8.24. The number of benzene rings is 1. The van der Waals surface area contributed by atoms with Gasteiger partial charge in [0.1, 0.15) is 11.4 Å². The third kappa shape index (κ3) is 3.40. The monoisotopic (exact) mass is 340 g/mol. The van der Waals surface area contributed by atoms with Crippen LogP contribution in [0.2, 0.25) is 0 Å². The molecule has 0 unspecified atom stereocenters. The van der Waals surface area contributed by atoms with Gasteiger partial charge in [0, 0.05) is 31.0 Å². The minimum absolute atomic E-state index is 0.110. The number of nitrogens with zero attached hydrogens (tertiary/aromatic N) is 5. The zero-order chi connectivity index (χ0) is 17.1. The Hall–Kier alpha value is -2.71. The molecule has 1 N–H and O–H groups in total. The van der Waals surface area contributed by atoms with Gasteiger partial charge in [0.05, 0.1) is 38.2 Å². The third-order valence-corrected chi connectivity index (χ3v) is 4.16. The predicted octanol–water partition coefficient (Wildman–Crippen LogP) is 1.13. The Morgan fingerprint density at radius 1 is 1.40 bits per heavy atom. The summed E-state index contributed by atoms with van der Waals surface area (Å²) in [6.45, 7) is 3.12. The maximum Gasteiger partial charge on any atom is 0.119 e. The lowest BCUT2D eigenvalue weighted by Gasteiger charge is -2.23. The molecular weight excluding hydrogens is 320 g/mol. The lowest BCUT2D eigenvalue weighted by atomic mass is 10.1. The van der Waals surface area contributed by atoms with E-state index in [0.717, 1.165) is 42.4 Å². The van der Waals surface area contributed by atoms with E-state index < -0.39 is 0 Å². The molecule has 3 heterocycles. The Morgan fingerprint density at radius 3 is 3.12 bits per heavy atom. The summed E-state index contributed by atoms with van der Waals surface area (Å²) in [5, 5.41) is 16.2. The topological polar surface area (TPSA) is 79.0 Å². The van der Waals surface area contributed by atoms with Crippen LogP contribution in [0.3, 0.4) is 0 Å². The summed E-state index contributed by atoms with van der Waals surface area (Å²) in [5.41, 5.74) is 2.61. The zero-order valence-corrected chi connectivity index (χ0v) is 14.0. The van der Waals surface area contributed by atoms with Crippen molar-refractivity contribution in [2.45, 2.75) is 12.6 Å². The van der Waals surface area contributed by atoms with Crippen LogP contribution < -0.4 is 10.1 Å². The van der Waals surface area contributed by atoms with Gasteiger partial charge >= 0.3 is 0 Å². The molecular formula is C17H20N6O2. The first kappa shape index (κ1) is 15.8. The second-order valence-electron chi connectivity index (χ2n) is 5.86. The first-order valence-corrected chi connectivity index (χ1v) is 8.24. The van der Waals surface area contributed by atoms with Crippen molar-refractivity contribution in [2.75, 3.05) is 26.8 Å². The van der Waals surface area contributed by atoms with Crippen molar-refractivity contribution in [3.8, 4) is 22.7 Å². The molecule has 3 aromatic rings. The molecule has 1 aromatic carbocycles. The average molecular weight is 340 g/mol. The minimum atomic E-state index is 0.110. The number of nitrogens with one attached hydrogen (secondary N) is 1. The number of aromatic nitrogens is 5. The second kappa shape index (κ2) is 7.04.